The zero-order valence-corrected chi connectivity index (χ0v) is 14.1. The highest BCUT2D eigenvalue weighted by atomic mass is 32.2. The maximum absolute atomic E-state index is 13.0. The van der Waals surface area contributed by atoms with Crippen molar-refractivity contribution < 1.29 is 8.42 Å². The normalized spacial score (nSPS) is 22.8. The highest BCUT2D eigenvalue weighted by molar-refractivity contribution is 7.89. The SMILES string of the molecule is C[C@@H]1CCCN(S(=O)(=O)c2ccc3[nH]c(=O)[nH]c(=O)c3c2)[C@H]1CN. The molecule has 0 aliphatic carbocycles. The number of aromatic nitrogens is 2. The first-order valence-corrected chi connectivity index (χ1v) is 9.27. The first-order valence-electron chi connectivity index (χ1n) is 7.83. The number of H-pyrrole nitrogens is 2. The van der Waals surface area contributed by atoms with Crippen LogP contribution in [0.5, 0.6) is 0 Å². The van der Waals surface area contributed by atoms with E-state index in [9.17, 15) is 18.0 Å². The van der Waals surface area contributed by atoms with Crippen LogP contribution in [0.1, 0.15) is 19.8 Å². The number of hydrogen-bond acceptors (Lipinski definition) is 5. The standard InChI is InChI=1S/C15H20N4O4S/c1-9-3-2-6-19(13(9)8-16)24(22,23)10-4-5-12-11(7-10)14(20)18-15(21)17-12/h4-5,7,9,13H,2-3,6,8,16H2,1H3,(H2,17,18,20,21)/t9-,13+/m1/s1. The van der Waals surface area contributed by atoms with Crippen LogP contribution < -0.4 is 17.0 Å². The fraction of sp³-hybridized carbons (Fsp3) is 0.467. The molecule has 0 saturated carbocycles. The zero-order chi connectivity index (χ0) is 17.5. The van der Waals surface area contributed by atoms with Gasteiger partial charge < -0.3 is 10.7 Å². The van der Waals surface area contributed by atoms with Gasteiger partial charge in [-0.25, -0.2) is 13.2 Å². The summed E-state index contributed by atoms with van der Waals surface area (Å²) in [4.78, 5) is 27.8. The maximum Gasteiger partial charge on any atom is 0.326 e. The molecule has 0 amide bonds. The average Bonchev–Trinajstić information content (AvgIpc) is 2.54. The van der Waals surface area contributed by atoms with Crippen LogP contribution in [0.2, 0.25) is 0 Å². The Balaban J connectivity index is 2.11. The Morgan fingerprint density at radius 1 is 1.29 bits per heavy atom. The first kappa shape index (κ1) is 16.9. The number of fused-ring (bicyclic) bond motifs is 1. The molecule has 2 atom stereocenters. The van der Waals surface area contributed by atoms with Gasteiger partial charge in [0.1, 0.15) is 0 Å². The summed E-state index contributed by atoms with van der Waals surface area (Å²) >= 11 is 0. The lowest BCUT2D eigenvalue weighted by Gasteiger charge is -2.38. The quantitative estimate of drug-likeness (QED) is 0.714. The number of sulfonamides is 1. The summed E-state index contributed by atoms with van der Waals surface area (Å²) in [6.07, 6.45) is 1.71. The molecule has 130 valence electrons. The predicted molar refractivity (Wildman–Crippen MR) is 90.3 cm³/mol. The number of benzene rings is 1. The molecule has 1 aromatic heterocycles. The van der Waals surface area contributed by atoms with Crippen LogP contribution in [-0.4, -0.2) is 41.8 Å². The van der Waals surface area contributed by atoms with Crippen molar-refractivity contribution in [2.45, 2.75) is 30.7 Å². The van der Waals surface area contributed by atoms with Crippen LogP contribution in [0.4, 0.5) is 0 Å². The van der Waals surface area contributed by atoms with E-state index in [-0.39, 0.29) is 28.8 Å². The number of piperidine rings is 1. The highest BCUT2D eigenvalue weighted by Crippen LogP contribution is 2.29. The third kappa shape index (κ3) is 2.79. The van der Waals surface area contributed by atoms with E-state index in [1.807, 2.05) is 6.92 Å². The van der Waals surface area contributed by atoms with Crippen LogP contribution in [0, 0.1) is 5.92 Å². The number of aromatic amines is 2. The number of nitrogens with two attached hydrogens (primary N) is 1. The van der Waals surface area contributed by atoms with Crippen molar-refractivity contribution >= 4 is 20.9 Å². The molecule has 4 N–H and O–H groups in total. The molecular weight excluding hydrogens is 332 g/mol. The largest absolute Gasteiger partial charge is 0.329 e. The molecule has 1 saturated heterocycles. The molecule has 0 radical (unpaired) electrons. The van der Waals surface area contributed by atoms with Gasteiger partial charge in [-0.05, 0) is 37.0 Å². The number of rotatable bonds is 3. The first-order chi connectivity index (χ1) is 11.3. The van der Waals surface area contributed by atoms with Crippen molar-refractivity contribution in [3.8, 4) is 0 Å². The number of nitrogens with one attached hydrogen (secondary N) is 2. The van der Waals surface area contributed by atoms with Gasteiger partial charge in [0.05, 0.1) is 15.8 Å². The molecule has 2 heterocycles. The minimum absolute atomic E-state index is 0.0279. The Morgan fingerprint density at radius 3 is 2.75 bits per heavy atom. The van der Waals surface area contributed by atoms with Gasteiger partial charge in [0.25, 0.3) is 5.56 Å². The van der Waals surface area contributed by atoms with Crippen LogP contribution in [0.25, 0.3) is 10.9 Å². The lowest BCUT2D eigenvalue weighted by Crippen LogP contribution is -2.51. The van der Waals surface area contributed by atoms with E-state index in [0.717, 1.165) is 12.8 Å². The number of nitrogens with zero attached hydrogens (tertiary/aromatic N) is 1. The topological polar surface area (TPSA) is 129 Å². The summed E-state index contributed by atoms with van der Waals surface area (Å²) in [5.41, 5.74) is 4.84. The smallest absolute Gasteiger partial charge is 0.326 e. The fourth-order valence-electron chi connectivity index (χ4n) is 3.30. The van der Waals surface area contributed by atoms with Crippen LogP contribution in [-0.2, 0) is 10.0 Å². The zero-order valence-electron chi connectivity index (χ0n) is 13.3. The predicted octanol–water partition coefficient (Wildman–Crippen LogP) is -0.0357. The van der Waals surface area contributed by atoms with Crippen molar-refractivity contribution in [3.05, 3.63) is 39.0 Å². The Kier molecular flexibility index (Phi) is 4.33. The summed E-state index contributed by atoms with van der Waals surface area (Å²) in [5.74, 6) is 0.179. The van der Waals surface area contributed by atoms with Gasteiger partial charge in [-0.1, -0.05) is 6.92 Å². The minimum Gasteiger partial charge on any atom is -0.329 e. The van der Waals surface area contributed by atoms with Crippen molar-refractivity contribution in [2.75, 3.05) is 13.1 Å². The minimum atomic E-state index is -3.77. The lowest BCUT2D eigenvalue weighted by molar-refractivity contribution is 0.192. The molecule has 3 rings (SSSR count). The van der Waals surface area contributed by atoms with E-state index >= 15 is 0 Å². The second kappa shape index (κ2) is 6.15. The molecular formula is C15H20N4O4S. The van der Waals surface area contributed by atoms with E-state index in [1.54, 1.807) is 0 Å². The molecule has 2 aromatic rings. The molecule has 0 spiro atoms. The summed E-state index contributed by atoms with van der Waals surface area (Å²) in [6.45, 7) is 2.66. The molecule has 1 aromatic carbocycles. The fourth-order valence-corrected chi connectivity index (χ4v) is 5.10. The van der Waals surface area contributed by atoms with Crippen molar-refractivity contribution in [1.82, 2.24) is 14.3 Å². The Morgan fingerprint density at radius 2 is 2.04 bits per heavy atom. The van der Waals surface area contributed by atoms with Crippen molar-refractivity contribution in [2.24, 2.45) is 11.7 Å². The van der Waals surface area contributed by atoms with Crippen LogP contribution >= 0.6 is 0 Å². The van der Waals surface area contributed by atoms with Gasteiger partial charge >= 0.3 is 5.69 Å². The van der Waals surface area contributed by atoms with Crippen molar-refractivity contribution in [1.29, 1.82) is 0 Å². The lowest BCUT2D eigenvalue weighted by atomic mass is 9.93. The molecule has 1 aliphatic heterocycles. The van der Waals surface area contributed by atoms with E-state index in [4.69, 9.17) is 5.73 Å². The average molecular weight is 352 g/mol. The third-order valence-electron chi connectivity index (χ3n) is 4.62. The summed E-state index contributed by atoms with van der Waals surface area (Å²) < 4.78 is 27.5. The Labute approximate surface area is 138 Å². The van der Waals surface area contributed by atoms with Crippen LogP contribution in [0.15, 0.2) is 32.7 Å². The third-order valence-corrected chi connectivity index (χ3v) is 6.54. The second-order valence-corrected chi connectivity index (χ2v) is 8.04. The van der Waals surface area contributed by atoms with Crippen molar-refractivity contribution in [3.63, 3.8) is 0 Å². The summed E-state index contributed by atoms with van der Waals surface area (Å²) in [5, 5.41) is 0.130. The van der Waals surface area contributed by atoms with E-state index in [0.29, 0.717) is 12.1 Å². The number of hydrogen-bond donors (Lipinski definition) is 3. The van der Waals surface area contributed by atoms with E-state index < -0.39 is 21.3 Å². The second-order valence-electron chi connectivity index (χ2n) is 6.15. The summed E-state index contributed by atoms with van der Waals surface area (Å²) in [6, 6.07) is 3.88. The molecule has 0 bridgehead atoms. The molecule has 1 fully saturated rings. The molecule has 9 heteroatoms. The van der Waals surface area contributed by atoms with Gasteiger partial charge in [-0.3, -0.25) is 9.78 Å². The van der Waals surface area contributed by atoms with Gasteiger partial charge in [0, 0.05) is 19.1 Å². The summed E-state index contributed by atoms with van der Waals surface area (Å²) in [7, 11) is -3.77. The van der Waals surface area contributed by atoms with E-state index in [1.165, 1.54) is 22.5 Å². The van der Waals surface area contributed by atoms with Gasteiger partial charge in [-0.15, -0.1) is 0 Å². The monoisotopic (exact) mass is 352 g/mol. The van der Waals surface area contributed by atoms with Crippen LogP contribution in [0.3, 0.4) is 0 Å². The molecule has 8 nitrogen and oxygen atoms in total. The Bertz CT molecular complexity index is 979. The molecule has 0 unspecified atom stereocenters. The molecule has 24 heavy (non-hydrogen) atoms. The highest BCUT2D eigenvalue weighted by Gasteiger charge is 2.36. The Hall–Kier alpha value is -1.97. The molecule has 1 aliphatic rings. The maximum atomic E-state index is 13.0. The van der Waals surface area contributed by atoms with Gasteiger partial charge in [-0.2, -0.15) is 4.31 Å². The van der Waals surface area contributed by atoms with E-state index in [2.05, 4.69) is 9.97 Å². The van der Waals surface area contributed by atoms with Gasteiger partial charge in [0.15, 0.2) is 0 Å². The van der Waals surface area contributed by atoms with Gasteiger partial charge in [0.2, 0.25) is 10.0 Å².